The standard InChI is InChI=1S/C14H11BrClNO3S/c1-8-10(5-4-9(15)13(8)16)17-12(18)7-20-14(19)11-3-2-6-21-11/h2-6H,7H2,1H3,(H,17,18). The summed E-state index contributed by atoms with van der Waals surface area (Å²) in [6, 6.07) is 6.85. The van der Waals surface area contributed by atoms with E-state index in [1.165, 1.54) is 11.3 Å². The molecule has 1 N–H and O–H groups in total. The van der Waals surface area contributed by atoms with Crippen LogP contribution in [0.25, 0.3) is 0 Å². The zero-order valence-electron chi connectivity index (χ0n) is 11.0. The first kappa shape index (κ1) is 16.0. The molecule has 4 nitrogen and oxygen atoms in total. The van der Waals surface area contributed by atoms with Crippen LogP contribution in [0.15, 0.2) is 34.1 Å². The number of carbonyl (C=O) groups is 2. The second-order valence-electron chi connectivity index (χ2n) is 4.14. The van der Waals surface area contributed by atoms with Crippen molar-refractivity contribution in [2.45, 2.75) is 6.92 Å². The largest absolute Gasteiger partial charge is 0.451 e. The lowest BCUT2D eigenvalue weighted by atomic mass is 10.2. The highest BCUT2D eigenvalue weighted by molar-refractivity contribution is 9.10. The first-order valence-electron chi connectivity index (χ1n) is 5.94. The number of hydrogen-bond donors (Lipinski definition) is 1. The minimum atomic E-state index is -0.509. The number of esters is 1. The molecule has 21 heavy (non-hydrogen) atoms. The zero-order valence-corrected chi connectivity index (χ0v) is 14.1. The maximum Gasteiger partial charge on any atom is 0.348 e. The van der Waals surface area contributed by atoms with Crippen molar-refractivity contribution in [2.75, 3.05) is 11.9 Å². The predicted molar refractivity (Wildman–Crippen MR) is 87.1 cm³/mol. The number of amides is 1. The smallest absolute Gasteiger partial charge is 0.348 e. The Labute approximate surface area is 139 Å². The van der Waals surface area contributed by atoms with Gasteiger partial charge in [-0.05, 0) is 52.0 Å². The molecule has 0 atom stereocenters. The number of rotatable bonds is 4. The normalized spacial score (nSPS) is 10.2. The van der Waals surface area contributed by atoms with Gasteiger partial charge in [0.1, 0.15) is 4.88 Å². The number of carbonyl (C=O) groups excluding carboxylic acids is 2. The Morgan fingerprint density at radius 3 is 2.81 bits per heavy atom. The van der Waals surface area contributed by atoms with Gasteiger partial charge in [-0.3, -0.25) is 4.79 Å². The minimum absolute atomic E-state index is 0.343. The quantitative estimate of drug-likeness (QED) is 0.796. The van der Waals surface area contributed by atoms with Crippen LogP contribution >= 0.6 is 38.9 Å². The van der Waals surface area contributed by atoms with Crippen LogP contribution in [-0.4, -0.2) is 18.5 Å². The SMILES string of the molecule is Cc1c(NC(=O)COC(=O)c2cccs2)ccc(Br)c1Cl. The molecule has 0 aliphatic heterocycles. The summed E-state index contributed by atoms with van der Waals surface area (Å²) in [5.74, 6) is -0.924. The summed E-state index contributed by atoms with van der Waals surface area (Å²) < 4.78 is 5.68. The van der Waals surface area contributed by atoms with Gasteiger partial charge in [-0.25, -0.2) is 4.79 Å². The van der Waals surface area contributed by atoms with Crippen LogP contribution in [0.2, 0.25) is 5.02 Å². The summed E-state index contributed by atoms with van der Waals surface area (Å²) in [5, 5.41) is 4.96. The third kappa shape index (κ3) is 4.06. The van der Waals surface area contributed by atoms with E-state index in [4.69, 9.17) is 16.3 Å². The molecular weight excluding hydrogens is 378 g/mol. The molecular formula is C14H11BrClNO3S. The molecule has 0 unspecified atom stereocenters. The van der Waals surface area contributed by atoms with Gasteiger partial charge in [0.25, 0.3) is 5.91 Å². The van der Waals surface area contributed by atoms with E-state index in [1.54, 1.807) is 36.6 Å². The highest BCUT2D eigenvalue weighted by Gasteiger charge is 2.13. The van der Waals surface area contributed by atoms with Crippen molar-refractivity contribution in [1.82, 2.24) is 0 Å². The average molecular weight is 389 g/mol. The number of ether oxygens (including phenoxy) is 1. The number of hydrogen-bond acceptors (Lipinski definition) is 4. The number of halogens is 2. The van der Waals surface area contributed by atoms with E-state index in [1.807, 2.05) is 0 Å². The van der Waals surface area contributed by atoms with Gasteiger partial charge in [0.2, 0.25) is 0 Å². The maximum atomic E-state index is 11.8. The van der Waals surface area contributed by atoms with Crippen LogP contribution in [0.5, 0.6) is 0 Å². The summed E-state index contributed by atoms with van der Waals surface area (Å²) in [7, 11) is 0. The van der Waals surface area contributed by atoms with Crippen molar-refractivity contribution in [1.29, 1.82) is 0 Å². The van der Waals surface area contributed by atoms with Gasteiger partial charge in [0.15, 0.2) is 6.61 Å². The van der Waals surface area contributed by atoms with Crippen molar-refractivity contribution < 1.29 is 14.3 Å². The zero-order chi connectivity index (χ0) is 15.4. The Balaban J connectivity index is 1.93. The van der Waals surface area contributed by atoms with Crippen LogP contribution in [0.4, 0.5) is 5.69 Å². The lowest BCUT2D eigenvalue weighted by molar-refractivity contribution is -0.119. The van der Waals surface area contributed by atoms with Crippen molar-refractivity contribution in [3.8, 4) is 0 Å². The van der Waals surface area contributed by atoms with Crippen LogP contribution < -0.4 is 5.32 Å². The van der Waals surface area contributed by atoms with Gasteiger partial charge < -0.3 is 10.1 Å². The van der Waals surface area contributed by atoms with Crippen molar-refractivity contribution in [3.05, 3.63) is 49.6 Å². The number of anilines is 1. The fourth-order valence-corrected chi connectivity index (χ4v) is 2.78. The van der Waals surface area contributed by atoms with E-state index in [9.17, 15) is 9.59 Å². The molecule has 0 aliphatic rings. The van der Waals surface area contributed by atoms with E-state index in [0.29, 0.717) is 15.6 Å². The van der Waals surface area contributed by atoms with E-state index < -0.39 is 11.9 Å². The van der Waals surface area contributed by atoms with Gasteiger partial charge in [0, 0.05) is 10.2 Å². The van der Waals surface area contributed by atoms with Crippen LogP contribution in [0.3, 0.4) is 0 Å². The molecule has 2 aromatic rings. The molecule has 1 amide bonds. The molecule has 0 bridgehead atoms. The van der Waals surface area contributed by atoms with Gasteiger partial charge in [-0.15, -0.1) is 11.3 Å². The van der Waals surface area contributed by atoms with Gasteiger partial charge in [0.05, 0.1) is 5.02 Å². The Morgan fingerprint density at radius 2 is 2.14 bits per heavy atom. The number of benzene rings is 1. The maximum absolute atomic E-state index is 11.8. The minimum Gasteiger partial charge on any atom is -0.451 e. The summed E-state index contributed by atoms with van der Waals surface area (Å²) in [6.07, 6.45) is 0. The molecule has 0 saturated carbocycles. The van der Waals surface area contributed by atoms with Gasteiger partial charge >= 0.3 is 5.97 Å². The number of nitrogens with one attached hydrogen (secondary N) is 1. The molecule has 1 heterocycles. The summed E-state index contributed by atoms with van der Waals surface area (Å²) in [6.45, 7) is 1.45. The molecule has 1 aromatic carbocycles. The molecule has 2 rings (SSSR count). The Morgan fingerprint density at radius 1 is 1.38 bits per heavy atom. The monoisotopic (exact) mass is 387 g/mol. The molecule has 110 valence electrons. The van der Waals surface area contributed by atoms with E-state index in [0.717, 1.165) is 10.0 Å². The Hall–Kier alpha value is -1.37. The lowest BCUT2D eigenvalue weighted by Gasteiger charge is -2.10. The molecule has 0 fully saturated rings. The lowest BCUT2D eigenvalue weighted by Crippen LogP contribution is -2.21. The molecule has 0 radical (unpaired) electrons. The average Bonchev–Trinajstić information content (AvgIpc) is 3.00. The third-order valence-corrected chi connectivity index (χ3v) is 4.90. The van der Waals surface area contributed by atoms with Crippen LogP contribution in [-0.2, 0) is 9.53 Å². The fourth-order valence-electron chi connectivity index (χ4n) is 1.57. The summed E-state index contributed by atoms with van der Waals surface area (Å²) >= 11 is 10.6. The molecule has 1 aromatic heterocycles. The van der Waals surface area contributed by atoms with Crippen LogP contribution in [0.1, 0.15) is 15.2 Å². The Kier molecular flexibility index (Phi) is 5.39. The number of thiophene rings is 1. The summed E-state index contributed by atoms with van der Waals surface area (Å²) in [4.78, 5) is 23.9. The van der Waals surface area contributed by atoms with Crippen LogP contribution in [0, 0.1) is 6.92 Å². The molecule has 0 aliphatic carbocycles. The second-order valence-corrected chi connectivity index (χ2v) is 6.32. The molecule has 0 spiro atoms. The Bertz CT molecular complexity index is 673. The van der Waals surface area contributed by atoms with Crippen molar-refractivity contribution >= 4 is 56.4 Å². The predicted octanol–water partition coefficient (Wildman–Crippen LogP) is 4.27. The van der Waals surface area contributed by atoms with Gasteiger partial charge in [-0.2, -0.15) is 0 Å². The first-order chi connectivity index (χ1) is 9.99. The van der Waals surface area contributed by atoms with E-state index in [-0.39, 0.29) is 6.61 Å². The van der Waals surface area contributed by atoms with E-state index in [2.05, 4.69) is 21.2 Å². The molecule has 0 saturated heterocycles. The highest BCUT2D eigenvalue weighted by atomic mass is 79.9. The third-order valence-electron chi connectivity index (χ3n) is 2.67. The van der Waals surface area contributed by atoms with Gasteiger partial charge in [-0.1, -0.05) is 17.7 Å². The summed E-state index contributed by atoms with van der Waals surface area (Å²) in [5.41, 5.74) is 1.32. The fraction of sp³-hybridized carbons (Fsp3) is 0.143. The molecule has 7 heteroatoms. The first-order valence-corrected chi connectivity index (χ1v) is 7.99. The van der Waals surface area contributed by atoms with E-state index >= 15 is 0 Å². The highest BCUT2D eigenvalue weighted by Crippen LogP contribution is 2.30. The van der Waals surface area contributed by atoms with Crippen molar-refractivity contribution in [3.63, 3.8) is 0 Å². The van der Waals surface area contributed by atoms with Crippen molar-refractivity contribution in [2.24, 2.45) is 0 Å². The topological polar surface area (TPSA) is 55.4 Å². The second kappa shape index (κ2) is 7.06.